The quantitative estimate of drug-likeness (QED) is 0.172. The van der Waals surface area contributed by atoms with Crippen LogP contribution in [0.1, 0.15) is 11.4 Å². The number of carbonyl (C=O) groups is 3. The van der Waals surface area contributed by atoms with Gasteiger partial charge in [0.2, 0.25) is 0 Å². The maximum atomic E-state index is 13.1. The Balaban J connectivity index is 1.39. The van der Waals surface area contributed by atoms with Crippen LogP contribution in [0.25, 0.3) is 5.65 Å². The average molecular weight is 529 g/mol. The van der Waals surface area contributed by atoms with Crippen molar-refractivity contribution in [3.05, 3.63) is 58.6 Å². The minimum atomic E-state index is -1.19. The number of hydrogen-bond acceptors (Lipinski definition) is 9. The third-order valence-electron chi connectivity index (χ3n) is 5.94. The smallest absolute Gasteiger partial charge is 0.352 e. The Kier molecular flexibility index (Phi) is 6.14. The predicted molar refractivity (Wildman–Crippen MR) is 132 cm³/mol. The topological polar surface area (TPSA) is 156 Å². The first-order chi connectivity index (χ1) is 17.3. The van der Waals surface area contributed by atoms with Gasteiger partial charge in [0.25, 0.3) is 17.5 Å². The number of aromatic nitrogens is 3. The number of oxime groups is 1. The van der Waals surface area contributed by atoms with E-state index in [-0.39, 0.29) is 22.2 Å². The second-order valence-corrected chi connectivity index (χ2v) is 10.1. The van der Waals surface area contributed by atoms with E-state index >= 15 is 0 Å². The Morgan fingerprint density at radius 1 is 1.42 bits per heavy atom. The van der Waals surface area contributed by atoms with Gasteiger partial charge >= 0.3 is 5.97 Å². The highest BCUT2D eigenvalue weighted by Gasteiger charge is 2.54. The van der Waals surface area contributed by atoms with Crippen LogP contribution in [0.3, 0.4) is 0 Å². The number of fused-ring (bicyclic) bond motifs is 2. The number of nitrogens with one attached hydrogen (secondary N) is 1. The third kappa shape index (κ3) is 3.97. The largest absolute Gasteiger partial charge is 0.477 e. The van der Waals surface area contributed by atoms with E-state index in [0.717, 1.165) is 22.7 Å². The summed E-state index contributed by atoms with van der Waals surface area (Å²) in [6, 6.07) is 4.86. The van der Waals surface area contributed by atoms with Crippen molar-refractivity contribution < 1.29 is 28.7 Å². The molecule has 0 radical (unpaired) electrons. The molecule has 36 heavy (non-hydrogen) atoms. The van der Waals surface area contributed by atoms with Crippen molar-refractivity contribution in [3.63, 3.8) is 0 Å². The van der Waals surface area contributed by atoms with Gasteiger partial charge in [0, 0.05) is 29.7 Å². The van der Waals surface area contributed by atoms with Gasteiger partial charge < -0.3 is 21.0 Å². The standard InChI is InChI=1S/C22H21N7O5S2/c1-11-7-27-6-4-3-5-14(27)28(11)8-12-9-35-20-16(19(31)29(20)17(12)21(32)33)25-18(30)15(26-34-2)13-10-36-22(23)24-13/h3-7,10,16,20H,8-9H2,1-2H3,(H3-,23,24,25,30,32,33)/p+1/b26-15-/t16-,20-/m1/s1. The summed E-state index contributed by atoms with van der Waals surface area (Å²) in [6.45, 7) is 2.27. The van der Waals surface area contributed by atoms with Gasteiger partial charge in [0.15, 0.2) is 10.8 Å². The minimum absolute atomic E-state index is 0.0468. The second kappa shape index (κ2) is 9.28. The van der Waals surface area contributed by atoms with E-state index in [1.807, 2.05) is 46.5 Å². The molecule has 0 aliphatic carbocycles. The highest BCUT2D eigenvalue weighted by Crippen LogP contribution is 2.41. The van der Waals surface area contributed by atoms with Crippen molar-refractivity contribution in [1.29, 1.82) is 0 Å². The normalized spacial score (nSPS) is 19.8. The number of aryl methyl sites for hydroxylation is 1. The van der Waals surface area contributed by atoms with Crippen molar-refractivity contribution in [3.8, 4) is 0 Å². The van der Waals surface area contributed by atoms with E-state index in [0.29, 0.717) is 17.9 Å². The molecule has 12 nitrogen and oxygen atoms in total. The SMILES string of the molecule is CO/N=C(\C(=O)N[C@@H]1C(=O)N2C(C(=O)O)=C(Cn3c(C)c[n+]4ccccc34)CS[C@H]12)c1csc(N)n1. The van der Waals surface area contributed by atoms with E-state index in [1.165, 1.54) is 23.8 Å². The number of β-lactam (4-membered cyclic amide) rings is 1. The van der Waals surface area contributed by atoms with Crippen molar-refractivity contribution in [2.24, 2.45) is 5.16 Å². The molecular weight excluding hydrogens is 506 g/mol. The van der Waals surface area contributed by atoms with Crippen molar-refractivity contribution in [2.45, 2.75) is 24.9 Å². The van der Waals surface area contributed by atoms with Gasteiger partial charge in [-0.2, -0.15) is 0 Å². The molecule has 2 amide bonds. The van der Waals surface area contributed by atoms with E-state index in [2.05, 4.69) is 15.5 Å². The maximum Gasteiger partial charge on any atom is 0.352 e. The zero-order chi connectivity index (χ0) is 25.6. The monoisotopic (exact) mass is 528 g/mol. The Labute approximate surface area is 213 Å². The van der Waals surface area contributed by atoms with Crippen LogP contribution in [0.15, 0.2) is 52.4 Å². The van der Waals surface area contributed by atoms with E-state index in [1.54, 1.807) is 5.38 Å². The first-order valence-corrected chi connectivity index (χ1v) is 12.7. The molecule has 186 valence electrons. The zero-order valence-electron chi connectivity index (χ0n) is 19.2. The van der Waals surface area contributed by atoms with Gasteiger partial charge in [-0.05, 0) is 6.07 Å². The molecule has 0 bridgehead atoms. The van der Waals surface area contributed by atoms with Gasteiger partial charge in [0.05, 0.1) is 6.20 Å². The predicted octanol–water partition coefficient (Wildman–Crippen LogP) is 0.363. The molecule has 0 saturated carbocycles. The first-order valence-electron chi connectivity index (χ1n) is 10.8. The molecule has 1 saturated heterocycles. The Hall–Kier alpha value is -3.91. The second-order valence-electron chi connectivity index (χ2n) is 8.13. The molecule has 1 fully saturated rings. The number of pyridine rings is 1. The zero-order valence-corrected chi connectivity index (χ0v) is 20.9. The molecule has 2 atom stereocenters. The summed E-state index contributed by atoms with van der Waals surface area (Å²) in [5.41, 5.74) is 8.19. The van der Waals surface area contributed by atoms with Crippen LogP contribution in [0.4, 0.5) is 5.13 Å². The van der Waals surface area contributed by atoms with Crippen molar-refractivity contribution >= 4 is 57.4 Å². The lowest BCUT2D eigenvalue weighted by atomic mass is 10.0. The van der Waals surface area contributed by atoms with Crippen molar-refractivity contribution in [2.75, 3.05) is 18.6 Å². The molecule has 5 rings (SSSR count). The molecule has 2 aliphatic rings. The number of imidazole rings is 1. The molecule has 14 heteroatoms. The average Bonchev–Trinajstić information content (AvgIpc) is 3.42. The molecule has 0 spiro atoms. The Bertz CT molecular complexity index is 1460. The van der Waals surface area contributed by atoms with Crippen LogP contribution >= 0.6 is 23.1 Å². The number of thioether (sulfide) groups is 1. The number of nitrogens with two attached hydrogens (primary N) is 1. The fourth-order valence-electron chi connectivity index (χ4n) is 4.34. The molecule has 0 aromatic carbocycles. The maximum absolute atomic E-state index is 13.1. The third-order valence-corrected chi connectivity index (χ3v) is 7.96. The number of carbonyl (C=O) groups excluding carboxylic acids is 2. The summed E-state index contributed by atoms with van der Waals surface area (Å²) in [5, 5.41) is 17.7. The van der Waals surface area contributed by atoms with Crippen LogP contribution < -0.4 is 15.5 Å². The molecule has 3 aromatic rings. The fourth-order valence-corrected chi connectivity index (χ4v) is 6.22. The number of nitrogen functional groups attached to an aromatic ring is 1. The fraction of sp³-hybridized carbons (Fsp3) is 0.273. The summed E-state index contributed by atoms with van der Waals surface area (Å²) in [7, 11) is 1.29. The van der Waals surface area contributed by atoms with Gasteiger partial charge in [-0.15, -0.1) is 23.1 Å². The molecule has 2 aliphatic heterocycles. The molecule has 0 unspecified atom stereocenters. The number of nitrogens with zero attached hydrogens (tertiary/aromatic N) is 5. The Morgan fingerprint density at radius 3 is 2.92 bits per heavy atom. The van der Waals surface area contributed by atoms with Crippen LogP contribution in [0.5, 0.6) is 0 Å². The van der Waals surface area contributed by atoms with E-state index in [9.17, 15) is 19.5 Å². The van der Waals surface area contributed by atoms with Gasteiger partial charge in [-0.25, -0.2) is 18.7 Å². The first kappa shape index (κ1) is 23.8. The number of carboxylic acid groups (broad SMARTS) is 1. The molecular formula is C22H22N7O5S2+. The van der Waals surface area contributed by atoms with Crippen LogP contribution in [0.2, 0.25) is 0 Å². The Morgan fingerprint density at radius 2 is 2.22 bits per heavy atom. The van der Waals surface area contributed by atoms with E-state index < -0.39 is 29.2 Å². The number of aliphatic carboxylic acids is 1. The highest BCUT2D eigenvalue weighted by atomic mass is 32.2. The van der Waals surface area contributed by atoms with Crippen LogP contribution in [-0.4, -0.2) is 67.3 Å². The molecule has 3 aromatic heterocycles. The number of carboxylic acids is 1. The minimum Gasteiger partial charge on any atom is -0.477 e. The van der Waals surface area contributed by atoms with Gasteiger partial charge in [-0.1, -0.05) is 11.2 Å². The lowest BCUT2D eigenvalue weighted by Crippen LogP contribution is -2.71. The summed E-state index contributed by atoms with van der Waals surface area (Å²) in [6.07, 6.45) is 3.88. The van der Waals surface area contributed by atoms with Gasteiger partial charge in [0.1, 0.15) is 48.4 Å². The number of rotatable bonds is 7. The summed E-state index contributed by atoms with van der Waals surface area (Å²) in [4.78, 5) is 48.3. The van der Waals surface area contributed by atoms with Crippen LogP contribution in [0, 0.1) is 6.92 Å². The number of anilines is 1. The summed E-state index contributed by atoms with van der Waals surface area (Å²) >= 11 is 2.53. The lowest BCUT2D eigenvalue weighted by Gasteiger charge is -2.49. The number of thiazole rings is 1. The van der Waals surface area contributed by atoms with Gasteiger partial charge in [-0.3, -0.25) is 14.5 Å². The lowest BCUT2D eigenvalue weighted by molar-refractivity contribution is -0.510. The molecule has 5 heterocycles. The molecule has 4 N–H and O–H groups in total. The van der Waals surface area contributed by atoms with E-state index in [4.69, 9.17) is 10.6 Å². The highest BCUT2D eigenvalue weighted by molar-refractivity contribution is 8.00. The summed E-state index contributed by atoms with van der Waals surface area (Å²) < 4.78 is 3.97. The summed E-state index contributed by atoms with van der Waals surface area (Å²) in [5.74, 6) is -1.97. The van der Waals surface area contributed by atoms with Crippen molar-refractivity contribution in [1.82, 2.24) is 19.8 Å². The van der Waals surface area contributed by atoms with Crippen LogP contribution in [-0.2, 0) is 25.8 Å². The number of amides is 2. The number of hydrogen-bond donors (Lipinski definition) is 3.